The van der Waals surface area contributed by atoms with Crippen molar-refractivity contribution in [1.82, 2.24) is 0 Å². The van der Waals surface area contributed by atoms with Gasteiger partial charge < -0.3 is 25.2 Å². The van der Waals surface area contributed by atoms with E-state index in [0.717, 1.165) is 11.1 Å². The maximum atomic E-state index is 12.7. The Labute approximate surface area is 264 Å². The highest BCUT2D eigenvalue weighted by Gasteiger charge is 2.21. The second kappa shape index (κ2) is 12.7. The van der Waals surface area contributed by atoms with Crippen LogP contribution in [0, 0.1) is 0 Å². The number of para-hydroxylation sites is 4. The van der Waals surface area contributed by atoms with E-state index in [1.54, 1.807) is 12.1 Å². The van der Waals surface area contributed by atoms with Crippen molar-refractivity contribution in [2.75, 3.05) is 6.61 Å². The summed E-state index contributed by atoms with van der Waals surface area (Å²) in [6.45, 7) is -0.124. The Balaban J connectivity index is 1.38. The van der Waals surface area contributed by atoms with Gasteiger partial charge in [-0.05, 0) is 56.6 Å². The number of carbonyl (C=O) groups is 1. The lowest BCUT2D eigenvalue weighted by molar-refractivity contribution is 0.0753. The van der Waals surface area contributed by atoms with Crippen LogP contribution in [0.2, 0.25) is 4.34 Å². The molecule has 8 heteroatoms. The molecule has 6 nitrogen and oxygen atoms in total. The lowest BCUT2D eigenvalue weighted by Crippen LogP contribution is -2.22. The first kappa shape index (κ1) is 29.8. The van der Waals surface area contributed by atoms with Crippen LogP contribution >= 0.6 is 22.9 Å². The number of aliphatic hydroxyl groups excluding tert-OH is 1. The average molecular weight is 627 g/mol. The largest absolute Gasteiger partial charge is 0.507 e. The number of phenolic OH excluding ortho intramolecular Hbond substituents is 3. The van der Waals surface area contributed by atoms with Gasteiger partial charge in [0.2, 0.25) is 0 Å². The van der Waals surface area contributed by atoms with Crippen molar-refractivity contribution in [2.45, 2.75) is 38.2 Å². The second-order valence-electron chi connectivity index (χ2n) is 11.1. The van der Waals surface area contributed by atoms with Gasteiger partial charge in [-0.15, -0.1) is 11.3 Å². The first-order valence-corrected chi connectivity index (χ1v) is 15.6. The molecule has 0 aliphatic heterocycles. The molecule has 1 unspecified atom stereocenters. The fourth-order valence-corrected chi connectivity index (χ4v) is 6.72. The van der Waals surface area contributed by atoms with E-state index >= 15 is 0 Å². The summed E-state index contributed by atoms with van der Waals surface area (Å²) in [6.07, 6.45) is 0.145. The smallest absolute Gasteiger partial charge is 0.175 e. The highest BCUT2D eigenvalue weighted by Crippen LogP contribution is 2.37. The zero-order chi connectivity index (χ0) is 30.8. The maximum Gasteiger partial charge on any atom is 0.175 e. The Kier molecular flexibility index (Phi) is 8.62. The number of aliphatic hydroxyl groups is 1. The quantitative estimate of drug-likeness (QED) is 0.146. The lowest BCUT2D eigenvalue weighted by Gasteiger charge is -2.20. The molecule has 1 aliphatic rings. The molecule has 0 fully saturated rings. The van der Waals surface area contributed by atoms with Crippen molar-refractivity contribution in [3.63, 3.8) is 0 Å². The predicted octanol–water partition coefficient (Wildman–Crippen LogP) is 7.21. The number of carbonyl (C=O) groups excluding carboxylic acids is 1. The number of thiophene rings is 1. The predicted molar refractivity (Wildman–Crippen MR) is 172 cm³/mol. The summed E-state index contributed by atoms with van der Waals surface area (Å²) in [5.41, 5.74) is 5.64. The minimum absolute atomic E-state index is 0.118. The van der Waals surface area contributed by atoms with Crippen molar-refractivity contribution in [2.24, 2.45) is 0 Å². The molecule has 1 aromatic heterocycles. The summed E-state index contributed by atoms with van der Waals surface area (Å²) in [7, 11) is 0. The minimum Gasteiger partial charge on any atom is -0.507 e. The van der Waals surface area contributed by atoms with E-state index in [1.807, 2.05) is 72.8 Å². The summed E-state index contributed by atoms with van der Waals surface area (Å²) in [5.74, 6) is 0.747. The highest BCUT2D eigenvalue weighted by atomic mass is 35.5. The van der Waals surface area contributed by atoms with Crippen LogP contribution in [-0.4, -0.2) is 38.9 Å². The number of halogens is 1. The van der Waals surface area contributed by atoms with E-state index in [2.05, 4.69) is 0 Å². The average Bonchev–Trinajstić information content (AvgIpc) is 3.44. The molecule has 1 atom stereocenters. The van der Waals surface area contributed by atoms with Crippen molar-refractivity contribution in [3.05, 3.63) is 139 Å². The Hall–Kier alpha value is -4.30. The fraction of sp³-hybridized carbons (Fsp3) is 0.194. The van der Waals surface area contributed by atoms with Gasteiger partial charge in [-0.2, -0.15) is 0 Å². The molecule has 6 rings (SSSR count). The molecular weight excluding hydrogens is 596 g/mol. The van der Waals surface area contributed by atoms with Crippen LogP contribution in [0.4, 0.5) is 0 Å². The van der Waals surface area contributed by atoms with Crippen molar-refractivity contribution >= 4 is 28.7 Å². The van der Waals surface area contributed by atoms with Crippen LogP contribution in [0.5, 0.6) is 23.0 Å². The number of aromatic hydroxyl groups is 3. The summed E-state index contributed by atoms with van der Waals surface area (Å²) < 4.78 is 6.78. The molecule has 0 saturated heterocycles. The molecule has 0 radical (unpaired) electrons. The number of ketones is 1. The van der Waals surface area contributed by atoms with Gasteiger partial charge in [0.05, 0.1) is 15.3 Å². The van der Waals surface area contributed by atoms with Crippen LogP contribution in [0.25, 0.3) is 0 Å². The van der Waals surface area contributed by atoms with Gasteiger partial charge in [0, 0.05) is 32.1 Å². The van der Waals surface area contributed by atoms with E-state index in [-0.39, 0.29) is 36.1 Å². The zero-order valence-corrected chi connectivity index (χ0v) is 25.4. The molecule has 1 heterocycles. The molecule has 224 valence electrons. The van der Waals surface area contributed by atoms with Gasteiger partial charge in [-0.25, -0.2) is 0 Å². The standard InChI is InChI=1S/C36H31ClO6S/c37-32-14-13-31(44-32)30(39)19-29(38)20-43-36-27-11-4-12-28(36)18-26-10-3-8-24(35(26)42)16-22-6-1-5-21(33(22)40)15-23-7-2-9-25(17-27)34(23)41/h1-14,29,38,40-42H,15-20H2. The third-order valence-electron chi connectivity index (χ3n) is 8.00. The molecule has 0 saturated carbocycles. The Bertz CT molecular complexity index is 1750. The van der Waals surface area contributed by atoms with Gasteiger partial charge in [-0.3, -0.25) is 4.79 Å². The molecule has 8 bridgehead atoms. The zero-order valence-electron chi connectivity index (χ0n) is 23.8. The van der Waals surface area contributed by atoms with Crippen molar-refractivity contribution in [3.8, 4) is 23.0 Å². The Morgan fingerprint density at radius 1 is 0.659 bits per heavy atom. The third-order valence-corrected chi connectivity index (χ3v) is 9.27. The number of phenols is 3. The summed E-state index contributed by atoms with van der Waals surface area (Å²) in [6, 6.07) is 25.7. The Morgan fingerprint density at radius 3 is 1.43 bits per heavy atom. The van der Waals surface area contributed by atoms with Crippen molar-refractivity contribution in [1.29, 1.82) is 0 Å². The van der Waals surface area contributed by atoms with Gasteiger partial charge in [-0.1, -0.05) is 84.4 Å². The second-order valence-corrected chi connectivity index (χ2v) is 12.8. The molecule has 0 spiro atoms. The number of hydrogen-bond acceptors (Lipinski definition) is 7. The van der Waals surface area contributed by atoms with Crippen LogP contribution in [-0.2, 0) is 25.7 Å². The maximum absolute atomic E-state index is 12.7. The van der Waals surface area contributed by atoms with E-state index in [1.165, 1.54) is 11.3 Å². The van der Waals surface area contributed by atoms with E-state index in [9.17, 15) is 25.2 Å². The monoisotopic (exact) mass is 626 g/mol. The van der Waals surface area contributed by atoms with Crippen LogP contribution in [0.15, 0.2) is 84.9 Å². The number of rotatable bonds is 6. The van der Waals surface area contributed by atoms with E-state index in [4.69, 9.17) is 16.3 Å². The normalized spacial score (nSPS) is 13.3. The molecule has 44 heavy (non-hydrogen) atoms. The molecule has 4 N–H and O–H groups in total. The van der Waals surface area contributed by atoms with Gasteiger partial charge in [0.15, 0.2) is 5.78 Å². The van der Waals surface area contributed by atoms with Crippen molar-refractivity contribution < 1.29 is 30.0 Å². The Morgan fingerprint density at radius 2 is 1.05 bits per heavy atom. The SMILES string of the molecule is O=C(CC(O)COc1c2cccc1Cc1cccc(c1O)Cc1cccc(c1O)Cc1cccc(c1O)C2)c1ccc(Cl)s1. The van der Waals surface area contributed by atoms with Crippen LogP contribution in [0.1, 0.15) is 60.6 Å². The number of hydrogen-bond donors (Lipinski definition) is 4. The molecular formula is C36H31ClO6S. The van der Waals surface area contributed by atoms with Gasteiger partial charge in [0.25, 0.3) is 0 Å². The number of ether oxygens (including phenoxy) is 1. The summed E-state index contributed by atoms with van der Waals surface area (Å²) >= 11 is 7.15. The topological polar surface area (TPSA) is 107 Å². The van der Waals surface area contributed by atoms with Crippen LogP contribution in [0.3, 0.4) is 0 Å². The fourth-order valence-electron chi connectivity index (χ4n) is 5.73. The minimum atomic E-state index is -1.06. The highest BCUT2D eigenvalue weighted by molar-refractivity contribution is 7.18. The number of benzene rings is 4. The number of fused-ring (bicyclic) bond motifs is 8. The molecule has 5 aromatic rings. The third kappa shape index (κ3) is 6.31. The summed E-state index contributed by atoms with van der Waals surface area (Å²) in [5, 5.41) is 44.6. The first-order valence-electron chi connectivity index (χ1n) is 14.4. The molecule has 4 aromatic carbocycles. The first-order chi connectivity index (χ1) is 21.3. The van der Waals surface area contributed by atoms with Crippen LogP contribution < -0.4 is 4.74 Å². The van der Waals surface area contributed by atoms with E-state index < -0.39 is 6.10 Å². The van der Waals surface area contributed by atoms with Gasteiger partial charge >= 0.3 is 0 Å². The van der Waals surface area contributed by atoms with Gasteiger partial charge in [0.1, 0.15) is 29.6 Å². The molecule has 0 amide bonds. The lowest BCUT2D eigenvalue weighted by atomic mass is 9.91. The summed E-state index contributed by atoms with van der Waals surface area (Å²) in [4.78, 5) is 13.1. The van der Waals surface area contributed by atoms with E-state index in [0.29, 0.717) is 74.0 Å². The number of Topliss-reactive ketones (excluding diaryl/α,β-unsaturated/α-hetero) is 1. The molecule has 1 aliphatic carbocycles.